The van der Waals surface area contributed by atoms with Crippen LogP contribution in [-0.2, 0) is 4.79 Å². The van der Waals surface area contributed by atoms with E-state index in [1.165, 1.54) is 44.9 Å². The zero-order valence-corrected chi connectivity index (χ0v) is 12.2. The molecule has 0 spiro atoms. The van der Waals surface area contributed by atoms with Crippen molar-refractivity contribution in [2.24, 2.45) is 5.92 Å². The molecule has 0 heterocycles. The third-order valence-electron chi connectivity index (χ3n) is 4.90. The Balaban J connectivity index is 1.78. The predicted molar refractivity (Wildman–Crippen MR) is 74.5 cm³/mol. The Labute approximate surface area is 112 Å². The molecule has 0 saturated heterocycles. The van der Waals surface area contributed by atoms with Gasteiger partial charge in [0.05, 0.1) is 6.54 Å². The van der Waals surface area contributed by atoms with Gasteiger partial charge in [-0.3, -0.25) is 9.69 Å². The highest BCUT2D eigenvalue weighted by atomic mass is 16.2. The Morgan fingerprint density at radius 1 is 1.11 bits per heavy atom. The molecule has 18 heavy (non-hydrogen) atoms. The fourth-order valence-corrected chi connectivity index (χ4v) is 3.08. The van der Waals surface area contributed by atoms with Gasteiger partial charge in [-0.15, -0.1) is 0 Å². The lowest BCUT2D eigenvalue weighted by Gasteiger charge is -2.33. The van der Waals surface area contributed by atoms with Crippen molar-refractivity contribution in [2.75, 3.05) is 20.6 Å². The molecule has 0 bridgehead atoms. The van der Waals surface area contributed by atoms with E-state index in [0.717, 1.165) is 5.92 Å². The highest BCUT2D eigenvalue weighted by molar-refractivity contribution is 5.78. The van der Waals surface area contributed by atoms with Crippen molar-refractivity contribution in [1.82, 2.24) is 9.80 Å². The van der Waals surface area contributed by atoms with Crippen LogP contribution in [0.4, 0.5) is 0 Å². The second-order valence-electron chi connectivity index (χ2n) is 6.29. The van der Waals surface area contributed by atoms with Crippen LogP contribution in [0, 0.1) is 5.92 Å². The highest BCUT2D eigenvalue weighted by Gasteiger charge is 2.32. The van der Waals surface area contributed by atoms with Gasteiger partial charge in [-0.2, -0.15) is 0 Å². The van der Waals surface area contributed by atoms with Crippen LogP contribution in [0.25, 0.3) is 0 Å². The normalized spacial score (nSPS) is 23.1. The number of amides is 1. The van der Waals surface area contributed by atoms with Crippen molar-refractivity contribution in [3.63, 3.8) is 0 Å². The summed E-state index contributed by atoms with van der Waals surface area (Å²) in [6.45, 7) is 2.84. The zero-order chi connectivity index (χ0) is 13.1. The van der Waals surface area contributed by atoms with Crippen LogP contribution in [0.3, 0.4) is 0 Å². The van der Waals surface area contributed by atoms with Crippen LogP contribution in [0.15, 0.2) is 0 Å². The van der Waals surface area contributed by atoms with Gasteiger partial charge in [0.1, 0.15) is 0 Å². The van der Waals surface area contributed by atoms with Gasteiger partial charge >= 0.3 is 0 Å². The molecule has 2 aliphatic rings. The summed E-state index contributed by atoms with van der Waals surface area (Å²) in [5, 5.41) is 0. The van der Waals surface area contributed by atoms with Crippen LogP contribution < -0.4 is 0 Å². The predicted octanol–water partition coefficient (Wildman–Crippen LogP) is 2.51. The highest BCUT2D eigenvalue weighted by Crippen LogP contribution is 2.34. The topological polar surface area (TPSA) is 23.6 Å². The van der Waals surface area contributed by atoms with Gasteiger partial charge in [0.15, 0.2) is 0 Å². The average molecular weight is 252 g/mol. The molecule has 0 N–H and O–H groups in total. The van der Waals surface area contributed by atoms with E-state index in [4.69, 9.17) is 0 Å². The van der Waals surface area contributed by atoms with Gasteiger partial charge in [-0.25, -0.2) is 0 Å². The zero-order valence-electron chi connectivity index (χ0n) is 12.2. The largest absolute Gasteiger partial charge is 0.342 e. The molecular weight excluding hydrogens is 224 g/mol. The summed E-state index contributed by atoms with van der Waals surface area (Å²) in [6, 6.07) is 1.06. The van der Waals surface area contributed by atoms with Crippen molar-refractivity contribution >= 4 is 5.91 Å². The SMILES string of the molecule is CC(C1CC1)N(C)CC(=O)N(C)C1CCCCC1. The third-order valence-corrected chi connectivity index (χ3v) is 4.90. The number of rotatable bonds is 5. The Morgan fingerprint density at radius 2 is 1.72 bits per heavy atom. The van der Waals surface area contributed by atoms with E-state index in [1.54, 1.807) is 0 Å². The van der Waals surface area contributed by atoms with Gasteiger partial charge in [0.2, 0.25) is 5.91 Å². The number of likely N-dealkylation sites (N-methyl/N-ethyl adjacent to an activating group) is 2. The summed E-state index contributed by atoms with van der Waals surface area (Å²) in [5.74, 6) is 1.14. The minimum absolute atomic E-state index is 0.303. The lowest BCUT2D eigenvalue weighted by molar-refractivity contribution is -0.134. The van der Waals surface area contributed by atoms with Crippen molar-refractivity contribution in [2.45, 2.75) is 64.0 Å². The first-order chi connectivity index (χ1) is 8.59. The van der Waals surface area contributed by atoms with Crippen molar-refractivity contribution in [3.05, 3.63) is 0 Å². The maximum Gasteiger partial charge on any atom is 0.236 e. The summed E-state index contributed by atoms with van der Waals surface area (Å²) in [5.41, 5.74) is 0. The van der Waals surface area contributed by atoms with Gasteiger partial charge < -0.3 is 4.90 Å². The maximum atomic E-state index is 12.3. The van der Waals surface area contributed by atoms with E-state index >= 15 is 0 Å². The molecule has 1 unspecified atom stereocenters. The van der Waals surface area contributed by atoms with Crippen molar-refractivity contribution < 1.29 is 4.79 Å². The number of hydrogen-bond donors (Lipinski definition) is 0. The van der Waals surface area contributed by atoms with Gasteiger partial charge in [0, 0.05) is 19.1 Å². The maximum absolute atomic E-state index is 12.3. The number of carbonyl (C=O) groups excluding carboxylic acids is 1. The van der Waals surface area contributed by atoms with E-state index in [1.807, 2.05) is 11.9 Å². The summed E-state index contributed by atoms with van der Waals surface area (Å²) < 4.78 is 0. The van der Waals surface area contributed by atoms with Crippen molar-refractivity contribution in [3.8, 4) is 0 Å². The Bertz CT molecular complexity index is 282. The standard InChI is InChI=1S/C15H28N2O/c1-12(13-9-10-13)16(2)11-15(18)17(3)14-7-5-4-6-8-14/h12-14H,4-11H2,1-3H3. The first kappa shape index (κ1) is 13.9. The first-order valence-corrected chi connectivity index (χ1v) is 7.55. The summed E-state index contributed by atoms with van der Waals surface area (Å²) in [7, 11) is 4.09. The molecule has 2 rings (SSSR count). The van der Waals surface area contributed by atoms with Crippen LogP contribution in [0.5, 0.6) is 0 Å². The molecule has 1 amide bonds. The molecule has 104 valence electrons. The third kappa shape index (κ3) is 3.47. The number of hydrogen-bond acceptors (Lipinski definition) is 2. The van der Waals surface area contributed by atoms with E-state index in [9.17, 15) is 4.79 Å². The smallest absolute Gasteiger partial charge is 0.236 e. The van der Waals surface area contributed by atoms with Crippen LogP contribution in [-0.4, -0.2) is 48.4 Å². The van der Waals surface area contributed by atoms with E-state index < -0.39 is 0 Å². The molecule has 1 atom stereocenters. The molecule has 2 saturated carbocycles. The minimum atomic E-state index is 0.303. The molecule has 0 radical (unpaired) electrons. The molecule has 3 heteroatoms. The molecule has 0 aromatic rings. The summed E-state index contributed by atoms with van der Waals surface area (Å²) in [4.78, 5) is 16.5. The van der Waals surface area contributed by atoms with Crippen LogP contribution >= 0.6 is 0 Å². The first-order valence-electron chi connectivity index (χ1n) is 7.55. The number of nitrogens with zero attached hydrogens (tertiary/aromatic N) is 2. The molecule has 0 aromatic heterocycles. The average Bonchev–Trinajstić information content (AvgIpc) is 3.22. The van der Waals surface area contributed by atoms with Gasteiger partial charge in [-0.1, -0.05) is 19.3 Å². The van der Waals surface area contributed by atoms with E-state index in [0.29, 0.717) is 24.5 Å². The molecular formula is C15H28N2O. The van der Waals surface area contributed by atoms with Crippen LogP contribution in [0.2, 0.25) is 0 Å². The summed E-state index contributed by atoms with van der Waals surface area (Å²) in [6.07, 6.45) is 9.01. The lowest BCUT2D eigenvalue weighted by atomic mass is 9.94. The monoisotopic (exact) mass is 252 g/mol. The van der Waals surface area contributed by atoms with Gasteiger partial charge in [0.25, 0.3) is 0 Å². The molecule has 3 nitrogen and oxygen atoms in total. The lowest BCUT2D eigenvalue weighted by Crippen LogP contribution is -2.45. The molecule has 0 aliphatic heterocycles. The number of carbonyl (C=O) groups is 1. The minimum Gasteiger partial charge on any atom is -0.342 e. The second kappa shape index (κ2) is 6.05. The second-order valence-corrected chi connectivity index (χ2v) is 6.29. The summed E-state index contributed by atoms with van der Waals surface area (Å²) >= 11 is 0. The van der Waals surface area contributed by atoms with E-state index in [-0.39, 0.29) is 0 Å². The molecule has 0 aromatic carbocycles. The molecule has 2 fully saturated rings. The van der Waals surface area contributed by atoms with Crippen molar-refractivity contribution in [1.29, 1.82) is 0 Å². The Morgan fingerprint density at radius 3 is 2.28 bits per heavy atom. The van der Waals surface area contributed by atoms with Crippen LogP contribution in [0.1, 0.15) is 51.9 Å². The molecule has 2 aliphatic carbocycles. The fraction of sp³-hybridized carbons (Fsp3) is 0.933. The quantitative estimate of drug-likeness (QED) is 0.750. The Kier molecular flexibility index (Phi) is 4.66. The fourth-order valence-electron chi connectivity index (χ4n) is 3.08. The van der Waals surface area contributed by atoms with Gasteiger partial charge in [-0.05, 0) is 45.6 Å². The Hall–Kier alpha value is -0.570. The van der Waals surface area contributed by atoms with E-state index in [2.05, 4.69) is 18.9 Å².